The number of carbonyl (C=O) groups excluding carboxylic acids is 3. The maximum atomic E-state index is 12.9. The number of benzene rings is 2. The topological polar surface area (TPSA) is 86.7 Å². The first kappa shape index (κ1) is 18.9. The van der Waals surface area contributed by atoms with Gasteiger partial charge in [0, 0.05) is 5.02 Å². The minimum atomic E-state index is -0.899. The lowest BCUT2D eigenvalue weighted by Crippen LogP contribution is -2.54. The Hall–Kier alpha value is -2.83. The summed E-state index contributed by atoms with van der Waals surface area (Å²) in [7, 11) is 0. The number of halogens is 2. The zero-order valence-corrected chi connectivity index (χ0v) is 15.9. The number of nitrogens with zero attached hydrogens (tertiary/aromatic N) is 1. The number of urea groups is 1. The molecule has 0 saturated carbocycles. The third-order valence-corrected chi connectivity index (χ3v) is 4.61. The van der Waals surface area contributed by atoms with E-state index >= 15 is 0 Å². The molecule has 4 amide bonds. The molecule has 2 aromatic rings. The van der Waals surface area contributed by atoms with Crippen molar-refractivity contribution in [2.24, 2.45) is 0 Å². The monoisotopic (exact) mass is 404 g/mol. The number of imide groups is 2. The molecule has 0 radical (unpaired) electrons. The molecule has 0 aliphatic carbocycles. The number of aryl methyl sites for hydroxylation is 2. The molecular weight excluding hydrogens is 391 g/mol. The van der Waals surface area contributed by atoms with E-state index in [-0.39, 0.29) is 22.0 Å². The van der Waals surface area contributed by atoms with Gasteiger partial charge in [-0.3, -0.25) is 14.9 Å². The molecule has 1 aliphatic heterocycles. The van der Waals surface area contributed by atoms with Gasteiger partial charge in [0.05, 0.1) is 10.7 Å². The number of anilines is 1. The lowest BCUT2D eigenvalue weighted by Gasteiger charge is -2.27. The van der Waals surface area contributed by atoms with Gasteiger partial charge in [0.1, 0.15) is 11.3 Å². The van der Waals surface area contributed by atoms with E-state index in [1.54, 1.807) is 26.0 Å². The van der Waals surface area contributed by atoms with E-state index in [2.05, 4.69) is 5.32 Å². The van der Waals surface area contributed by atoms with Gasteiger partial charge in [-0.25, -0.2) is 9.69 Å². The zero-order chi connectivity index (χ0) is 19.9. The van der Waals surface area contributed by atoms with Crippen LogP contribution in [0.15, 0.2) is 35.9 Å². The normalized spacial score (nSPS) is 16.1. The van der Waals surface area contributed by atoms with E-state index in [1.165, 1.54) is 24.3 Å². The van der Waals surface area contributed by atoms with Gasteiger partial charge < -0.3 is 5.11 Å². The van der Waals surface area contributed by atoms with E-state index in [0.717, 1.165) is 4.90 Å². The minimum absolute atomic E-state index is 0.0935. The summed E-state index contributed by atoms with van der Waals surface area (Å²) in [6.07, 6.45) is 1.36. The molecule has 27 heavy (non-hydrogen) atoms. The zero-order valence-electron chi connectivity index (χ0n) is 14.3. The van der Waals surface area contributed by atoms with Crippen molar-refractivity contribution in [2.45, 2.75) is 13.8 Å². The van der Waals surface area contributed by atoms with Crippen molar-refractivity contribution in [1.29, 1.82) is 0 Å². The van der Waals surface area contributed by atoms with Crippen LogP contribution in [0, 0.1) is 13.8 Å². The third kappa shape index (κ3) is 3.54. The molecule has 1 aliphatic rings. The van der Waals surface area contributed by atoms with Crippen molar-refractivity contribution < 1.29 is 19.5 Å². The first-order chi connectivity index (χ1) is 12.7. The lowest BCUT2D eigenvalue weighted by atomic mass is 10.0. The van der Waals surface area contributed by atoms with Gasteiger partial charge in [-0.15, -0.1) is 0 Å². The molecule has 1 heterocycles. The molecule has 8 heteroatoms. The summed E-state index contributed by atoms with van der Waals surface area (Å²) in [5.74, 6) is -1.48. The van der Waals surface area contributed by atoms with E-state index in [4.69, 9.17) is 23.2 Å². The van der Waals surface area contributed by atoms with Crippen LogP contribution in [0.25, 0.3) is 6.08 Å². The maximum Gasteiger partial charge on any atom is 0.335 e. The molecule has 0 unspecified atom stereocenters. The molecule has 138 valence electrons. The van der Waals surface area contributed by atoms with Gasteiger partial charge in [-0.1, -0.05) is 23.2 Å². The van der Waals surface area contributed by atoms with Crippen LogP contribution in [-0.4, -0.2) is 23.0 Å². The van der Waals surface area contributed by atoms with Gasteiger partial charge in [-0.05, 0) is 66.9 Å². The predicted octanol–water partition coefficient (Wildman–Crippen LogP) is 3.98. The molecule has 3 rings (SSSR count). The van der Waals surface area contributed by atoms with Crippen LogP contribution in [-0.2, 0) is 9.59 Å². The number of phenols is 1. The Morgan fingerprint density at radius 3 is 2.26 bits per heavy atom. The number of rotatable bonds is 2. The second-order valence-electron chi connectivity index (χ2n) is 6.06. The van der Waals surface area contributed by atoms with Gasteiger partial charge in [0.2, 0.25) is 0 Å². The summed E-state index contributed by atoms with van der Waals surface area (Å²) >= 11 is 12.0. The largest absolute Gasteiger partial charge is 0.507 e. The Labute approximate surface area is 165 Å². The molecule has 0 bridgehead atoms. The molecular formula is C19H14Cl2N2O4. The van der Waals surface area contributed by atoms with Crippen LogP contribution in [0.4, 0.5) is 10.5 Å². The summed E-state index contributed by atoms with van der Waals surface area (Å²) in [5, 5.41) is 12.4. The minimum Gasteiger partial charge on any atom is -0.507 e. The molecule has 2 aromatic carbocycles. The standard InChI is InChI=1S/C19H14Cl2N2O4/c1-9-5-11(6-10(2)16(9)24)7-13-17(25)22-19(27)23(18(13)26)15-4-3-12(20)8-14(15)21/h3-8,24H,1-2H3,(H,22,25,27). The summed E-state index contributed by atoms with van der Waals surface area (Å²) < 4.78 is 0. The molecule has 0 spiro atoms. The first-order valence-electron chi connectivity index (χ1n) is 7.85. The highest BCUT2D eigenvalue weighted by atomic mass is 35.5. The fraction of sp³-hybridized carbons (Fsp3) is 0.105. The maximum absolute atomic E-state index is 12.9. The van der Waals surface area contributed by atoms with Crippen molar-refractivity contribution in [2.75, 3.05) is 4.90 Å². The third-order valence-electron chi connectivity index (χ3n) is 4.08. The van der Waals surface area contributed by atoms with Gasteiger partial charge >= 0.3 is 6.03 Å². The number of aromatic hydroxyl groups is 1. The van der Waals surface area contributed by atoms with Crippen LogP contribution < -0.4 is 10.2 Å². The number of hydrogen-bond donors (Lipinski definition) is 2. The highest BCUT2D eigenvalue weighted by molar-refractivity contribution is 6.42. The molecule has 1 fully saturated rings. The molecule has 0 atom stereocenters. The number of amides is 4. The second-order valence-corrected chi connectivity index (χ2v) is 6.90. The van der Waals surface area contributed by atoms with Crippen molar-refractivity contribution in [3.8, 4) is 5.75 Å². The summed E-state index contributed by atoms with van der Waals surface area (Å²) in [6.45, 7) is 3.41. The SMILES string of the molecule is Cc1cc(C=C2C(=O)NC(=O)N(c3ccc(Cl)cc3Cl)C2=O)cc(C)c1O. The van der Waals surface area contributed by atoms with Crippen LogP contribution in [0.2, 0.25) is 10.0 Å². The van der Waals surface area contributed by atoms with Gasteiger partial charge in [0.25, 0.3) is 11.8 Å². The molecule has 0 aromatic heterocycles. The van der Waals surface area contributed by atoms with E-state index in [1.807, 2.05) is 0 Å². The Bertz CT molecular complexity index is 1010. The number of barbiturate groups is 1. The Morgan fingerprint density at radius 1 is 1.04 bits per heavy atom. The predicted molar refractivity (Wildman–Crippen MR) is 103 cm³/mol. The van der Waals surface area contributed by atoms with Gasteiger partial charge in [0.15, 0.2) is 0 Å². The molecule has 2 N–H and O–H groups in total. The van der Waals surface area contributed by atoms with Crippen LogP contribution in [0.5, 0.6) is 5.75 Å². The van der Waals surface area contributed by atoms with Crippen molar-refractivity contribution in [3.05, 3.63) is 62.6 Å². The number of carbonyl (C=O) groups is 3. The summed E-state index contributed by atoms with van der Waals surface area (Å²) in [6, 6.07) is 6.66. The highest BCUT2D eigenvalue weighted by Gasteiger charge is 2.37. The average Bonchev–Trinajstić information content (AvgIpc) is 2.58. The van der Waals surface area contributed by atoms with Crippen molar-refractivity contribution >= 4 is 52.8 Å². The number of hydrogen-bond acceptors (Lipinski definition) is 4. The average molecular weight is 405 g/mol. The molecule has 1 saturated heterocycles. The smallest absolute Gasteiger partial charge is 0.335 e. The Balaban J connectivity index is 2.07. The first-order valence-corrected chi connectivity index (χ1v) is 8.61. The van der Waals surface area contributed by atoms with E-state index in [9.17, 15) is 19.5 Å². The highest BCUT2D eigenvalue weighted by Crippen LogP contribution is 2.32. The fourth-order valence-corrected chi connectivity index (χ4v) is 3.27. The second kappa shape index (κ2) is 7.06. The van der Waals surface area contributed by atoms with Gasteiger partial charge in [-0.2, -0.15) is 0 Å². The lowest BCUT2D eigenvalue weighted by molar-refractivity contribution is -0.122. The Morgan fingerprint density at radius 2 is 1.67 bits per heavy atom. The van der Waals surface area contributed by atoms with Crippen LogP contribution in [0.3, 0.4) is 0 Å². The number of nitrogens with one attached hydrogen (secondary N) is 1. The Kier molecular flexibility index (Phi) is 4.95. The molecule has 6 nitrogen and oxygen atoms in total. The van der Waals surface area contributed by atoms with Crippen LogP contribution in [0.1, 0.15) is 16.7 Å². The summed E-state index contributed by atoms with van der Waals surface area (Å²) in [4.78, 5) is 38.1. The quantitative estimate of drug-likeness (QED) is 0.585. The van der Waals surface area contributed by atoms with E-state index < -0.39 is 17.8 Å². The summed E-state index contributed by atoms with van der Waals surface area (Å²) in [5.41, 5.74) is 1.61. The van der Waals surface area contributed by atoms with Crippen LogP contribution >= 0.6 is 23.2 Å². The number of phenolic OH excluding ortho intramolecular Hbond substituents is 1. The fourth-order valence-electron chi connectivity index (χ4n) is 2.78. The van der Waals surface area contributed by atoms with Crippen molar-refractivity contribution in [3.63, 3.8) is 0 Å². The van der Waals surface area contributed by atoms with Crippen molar-refractivity contribution in [1.82, 2.24) is 5.32 Å². The van der Waals surface area contributed by atoms with E-state index in [0.29, 0.717) is 21.7 Å².